The van der Waals surface area contributed by atoms with Crippen LogP contribution in [0.2, 0.25) is 0 Å². The summed E-state index contributed by atoms with van der Waals surface area (Å²) in [6.07, 6.45) is 5.05. The molecular formula is C29H27N3O2. The number of piperidine rings is 1. The first-order valence-electron chi connectivity index (χ1n) is 11.7. The average molecular weight is 450 g/mol. The molecule has 0 saturated carbocycles. The smallest absolute Gasteiger partial charge is 0.254 e. The number of pyridine rings is 1. The molecule has 34 heavy (non-hydrogen) atoms. The minimum Gasteiger partial charge on any atom is -0.345 e. The maximum atomic E-state index is 13.4. The zero-order valence-corrected chi connectivity index (χ0v) is 18.9. The molecule has 3 aromatic carbocycles. The van der Waals surface area contributed by atoms with Crippen LogP contribution in [0.25, 0.3) is 10.8 Å². The topological polar surface area (TPSA) is 62.3 Å². The third kappa shape index (κ3) is 4.55. The number of hydrogen-bond donors (Lipinski definition) is 1. The quantitative estimate of drug-likeness (QED) is 0.467. The lowest BCUT2D eigenvalue weighted by atomic mass is 9.93. The van der Waals surface area contributed by atoms with E-state index in [1.165, 1.54) is 0 Å². The van der Waals surface area contributed by atoms with Gasteiger partial charge in [-0.05, 0) is 52.9 Å². The fourth-order valence-electron chi connectivity index (χ4n) is 4.78. The predicted molar refractivity (Wildman–Crippen MR) is 133 cm³/mol. The first-order valence-corrected chi connectivity index (χ1v) is 11.7. The molecule has 0 radical (unpaired) electrons. The van der Waals surface area contributed by atoms with Crippen molar-refractivity contribution in [3.63, 3.8) is 0 Å². The molecule has 1 aliphatic heterocycles. The van der Waals surface area contributed by atoms with Crippen LogP contribution in [-0.2, 0) is 4.79 Å². The highest BCUT2D eigenvalue weighted by Crippen LogP contribution is 2.26. The molecule has 5 heteroatoms. The van der Waals surface area contributed by atoms with Crippen LogP contribution in [0, 0.1) is 5.92 Å². The second kappa shape index (κ2) is 9.87. The molecule has 1 aliphatic rings. The third-order valence-electron chi connectivity index (χ3n) is 6.56. The average Bonchev–Trinajstić information content (AvgIpc) is 2.92. The zero-order valence-electron chi connectivity index (χ0n) is 18.9. The number of carbonyl (C=O) groups excluding carboxylic acids is 2. The summed E-state index contributed by atoms with van der Waals surface area (Å²) in [7, 11) is 0. The molecule has 0 bridgehead atoms. The number of nitrogens with one attached hydrogen (secondary N) is 1. The number of likely N-dealkylation sites (tertiary alicyclic amines) is 1. The Labute approximate surface area is 199 Å². The molecule has 0 spiro atoms. The van der Waals surface area contributed by atoms with Crippen LogP contribution in [0.3, 0.4) is 0 Å². The van der Waals surface area contributed by atoms with Crippen molar-refractivity contribution in [1.29, 1.82) is 0 Å². The SMILES string of the molecule is O=C(N[C@H](c1ccccc1)c1ccncc1)[C@H]1CCCN(C(=O)c2cccc3ccccc23)C1. The number of rotatable bonds is 5. The molecule has 1 fully saturated rings. The third-order valence-corrected chi connectivity index (χ3v) is 6.56. The van der Waals surface area contributed by atoms with Crippen LogP contribution < -0.4 is 5.32 Å². The lowest BCUT2D eigenvalue weighted by Crippen LogP contribution is -2.46. The van der Waals surface area contributed by atoms with Gasteiger partial charge in [0.25, 0.3) is 5.91 Å². The van der Waals surface area contributed by atoms with Crippen LogP contribution in [-0.4, -0.2) is 34.8 Å². The Kier molecular flexibility index (Phi) is 6.34. The van der Waals surface area contributed by atoms with E-state index in [0.29, 0.717) is 18.7 Å². The summed E-state index contributed by atoms with van der Waals surface area (Å²) in [5.74, 6) is -0.287. The number of hydrogen-bond acceptors (Lipinski definition) is 3. The molecule has 1 saturated heterocycles. The highest BCUT2D eigenvalue weighted by molar-refractivity contribution is 6.07. The van der Waals surface area contributed by atoms with E-state index in [0.717, 1.165) is 34.7 Å². The van der Waals surface area contributed by atoms with Gasteiger partial charge < -0.3 is 10.2 Å². The molecule has 0 aliphatic carbocycles. The maximum absolute atomic E-state index is 13.4. The fraction of sp³-hybridized carbons (Fsp3) is 0.207. The normalized spacial score (nSPS) is 16.7. The van der Waals surface area contributed by atoms with Gasteiger partial charge in [0, 0.05) is 31.0 Å². The van der Waals surface area contributed by atoms with Crippen LogP contribution in [0.1, 0.15) is 40.4 Å². The fourth-order valence-corrected chi connectivity index (χ4v) is 4.78. The highest BCUT2D eigenvalue weighted by atomic mass is 16.2. The number of aromatic nitrogens is 1. The molecule has 1 aromatic heterocycles. The Bertz CT molecular complexity index is 1250. The summed E-state index contributed by atoms with van der Waals surface area (Å²) < 4.78 is 0. The lowest BCUT2D eigenvalue weighted by molar-refractivity contribution is -0.126. The molecule has 2 atom stereocenters. The maximum Gasteiger partial charge on any atom is 0.254 e. The van der Waals surface area contributed by atoms with Gasteiger partial charge in [0.2, 0.25) is 5.91 Å². The Morgan fingerprint density at radius 1 is 0.853 bits per heavy atom. The van der Waals surface area contributed by atoms with Crippen molar-refractivity contribution in [3.8, 4) is 0 Å². The van der Waals surface area contributed by atoms with Crippen LogP contribution >= 0.6 is 0 Å². The van der Waals surface area contributed by atoms with Gasteiger partial charge in [-0.1, -0.05) is 66.7 Å². The lowest BCUT2D eigenvalue weighted by Gasteiger charge is -2.33. The summed E-state index contributed by atoms with van der Waals surface area (Å²) in [6.45, 7) is 1.09. The van der Waals surface area contributed by atoms with E-state index >= 15 is 0 Å². The van der Waals surface area contributed by atoms with Crippen molar-refractivity contribution in [3.05, 3.63) is 114 Å². The Morgan fingerprint density at radius 2 is 1.56 bits per heavy atom. The Morgan fingerprint density at radius 3 is 2.38 bits per heavy atom. The van der Waals surface area contributed by atoms with E-state index in [2.05, 4.69) is 10.3 Å². The molecule has 5 rings (SSSR count). The summed E-state index contributed by atoms with van der Waals surface area (Å²) in [6, 6.07) is 27.3. The van der Waals surface area contributed by atoms with Crippen molar-refractivity contribution in [2.45, 2.75) is 18.9 Å². The zero-order chi connectivity index (χ0) is 23.3. The van der Waals surface area contributed by atoms with E-state index in [4.69, 9.17) is 0 Å². The number of benzene rings is 3. The van der Waals surface area contributed by atoms with Gasteiger partial charge in [-0.25, -0.2) is 0 Å². The minimum absolute atomic E-state index is 0.0111. The van der Waals surface area contributed by atoms with E-state index in [9.17, 15) is 9.59 Å². The summed E-state index contributed by atoms with van der Waals surface area (Å²) in [5, 5.41) is 5.24. The van der Waals surface area contributed by atoms with E-state index in [-0.39, 0.29) is 23.8 Å². The van der Waals surface area contributed by atoms with Crippen LogP contribution in [0.4, 0.5) is 0 Å². The second-order valence-electron chi connectivity index (χ2n) is 8.75. The molecule has 5 nitrogen and oxygen atoms in total. The van der Waals surface area contributed by atoms with Gasteiger partial charge in [-0.3, -0.25) is 14.6 Å². The van der Waals surface area contributed by atoms with Crippen molar-refractivity contribution in [1.82, 2.24) is 15.2 Å². The first kappa shape index (κ1) is 21.8. The summed E-state index contributed by atoms with van der Waals surface area (Å²) >= 11 is 0. The molecule has 2 heterocycles. The van der Waals surface area contributed by atoms with Crippen molar-refractivity contribution in [2.75, 3.05) is 13.1 Å². The largest absolute Gasteiger partial charge is 0.345 e. The van der Waals surface area contributed by atoms with Gasteiger partial charge in [-0.15, -0.1) is 0 Å². The Balaban J connectivity index is 1.35. The number of amides is 2. The van der Waals surface area contributed by atoms with Crippen LogP contribution in [0.5, 0.6) is 0 Å². The molecular weight excluding hydrogens is 422 g/mol. The van der Waals surface area contributed by atoms with E-state index in [1.54, 1.807) is 12.4 Å². The van der Waals surface area contributed by atoms with E-state index < -0.39 is 0 Å². The number of fused-ring (bicyclic) bond motifs is 1. The van der Waals surface area contributed by atoms with Gasteiger partial charge >= 0.3 is 0 Å². The molecule has 1 N–H and O–H groups in total. The number of carbonyl (C=O) groups is 2. The Hall–Kier alpha value is -3.99. The standard InChI is InChI=1S/C29H27N3O2/c33-28(31-27(22-9-2-1-3-10-22)23-15-17-30-18-16-23)24-12-7-19-32(20-24)29(34)26-14-6-11-21-8-4-5-13-25(21)26/h1-6,8-11,13-18,24,27H,7,12,19-20H2,(H,31,33)/t24-,27+/m0/s1. The van der Waals surface area contributed by atoms with Gasteiger partial charge in [-0.2, -0.15) is 0 Å². The summed E-state index contributed by atoms with van der Waals surface area (Å²) in [4.78, 5) is 32.8. The first-order chi connectivity index (χ1) is 16.7. The monoisotopic (exact) mass is 449 g/mol. The van der Waals surface area contributed by atoms with Gasteiger partial charge in [0.1, 0.15) is 0 Å². The van der Waals surface area contributed by atoms with Crippen molar-refractivity contribution >= 4 is 22.6 Å². The highest BCUT2D eigenvalue weighted by Gasteiger charge is 2.31. The predicted octanol–water partition coefficient (Wildman–Crippen LogP) is 4.99. The molecule has 2 amide bonds. The van der Waals surface area contributed by atoms with Gasteiger partial charge in [0.15, 0.2) is 0 Å². The molecule has 170 valence electrons. The van der Waals surface area contributed by atoms with Gasteiger partial charge in [0.05, 0.1) is 12.0 Å². The molecule has 4 aromatic rings. The summed E-state index contributed by atoms with van der Waals surface area (Å²) in [5.41, 5.74) is 2.69. The minimum atomic E-state index is -0.263. The van der Waals surface area contributed by atoms with Crippen molar-refractivity contribution < 1.29 is 9.59 Å². The van der Waals surface area contributed by atoms with E-state index in [1.807, 2.05) is 89.8 Å². The number of nitrogens with zero attached hydrogens (tertiary/aromatic N) is 2. The molecule has 0 unspecified atom stereocenters. The van der Waals surface area contributed by atoms with Crippen molar-refractivity contribution in [2.24, 2.45) is 5.92 Å². The van der Waals surface area contributed by atoms with Crippen LogP contribution in [0.15, 0.2) is 97.3 Å². The second-order valence-corrected chi connectivity index (χ2v) is 8.75.